The normalized spacial score (nSPS) is 33.8. The number of nitrogens with one attached hydrogen (secondary N) is 3. The molecule has 14 atom stereocenters. The molecule has 466 valence electrons. The zero-order chi connectivity index (χ0) is 62.8. The third-order valence-electron chi connectivity index (χ3n) is 18.8. The van der Waals surface area contributed by atoms with Gasteiger partial charge in [0.2, 0.25) is 17.2 Å². The number of benzene rings is 2. The van der Waals surface area contributed by atoms with Gasteiger partial charge in [-0.1, -0.05) is 43.3 Å². The van der Waals surface area contributed by atoms with E-state index in [1.54, 1.807) is 6.07 Å². The van der Waals surface area contributed by atoms with Crippen LogP contribution in [0.1, 0.15) is 93.0 Å². The van der Waals surface area contributed by atoms with Crippen molar-refractivity contribution in [3.8, 4) is 58.0 Å². The van der Waals surface area contributed by atoms with Gasteiger partial charge < -0.3 is 105 Å². The van der Waals surface area contributed by atoms with Crippen molar-refractivity contribution < 1.29 is 109 Å². The van der Waals surface area contributed by atoms with Crippen LogP contribution in [0.15, 0.2) is 80.3 Å². The molecule has 14 unspecified atom stereocenters. The van der Waals surface area contributed by atoms with Crippen molar-refractivity contribution in [1.82, 2.24) is 15.6 Å². The van der Waals surface area contributed by atoms with Crippen molar-refractivity contribution in [3.05, 3.63) is 104 Å². The van der Waals surface area contributed by atoms with Gasteiger partial charge >= 0.3 is 11.9 Å². The number of H-pyrrole nitrogens is 1. The summed E-state index contributed by atoms with van der Waals surface area (Å²) in [6.07, 6.45) is -7.84. The van der Waals surface area contributed by atoms with Crippen molar-refractivity contribution in [2.24, 2.45) is 11.8 Å². The van der Waals surface area contributed by atoms with E-state index in [9.17, 15) is 85.9 Å². The first kappa shape index (κ1) is 60.6. The van der Waals surface area contributed by atoms with Crippen molar-refractivity contribution in [1.29, 1.82) is 0 Å². The van der Waals surface area contributed by atoms with E-state index in [-0.39, 0.29) is 58.1 Å². The number of aromatic hydroxyl groups is 3. The summed E-state index contributed by atoms with van der Waals surface area (Å²) in [5, 5.41) is 169. The molecule has 4 fully saturated rings. The van der Waals surface area contributed by atoms with Gasteiger partial charge in [-0.15, -0.1) is 0 Å². The van der Waals surface area contributed by atoms with Crippen LogP contribution in [-0.2, 0) is 41.4 Å². The maximum absolute atomic E-state index is 16.2. The number of phenols is 3. The topological polar surface area (TPSA) is 441 Å². The highest BCUT2D eigenvalue weighted by molar-refractivity contribution is 5.90. The molecular formula is C62H65N3O23. The summed E-state index contributed by atoms with van der Waals surface area (Å²) >= 11 is 0. The number of carboxylic acid groups (broad SMARTS) is 1. The zero-order valence-corrected chi connectivity index (χ0v) is 47.1. The number of aromatic nitrogens is 1. The van der Waals surface area contributed by atoms with Gasteiger partial charge in [0.1, 0.15) is 52.6 Å². The molecule has 2 aliphatic carbocycles. The minimum atomic E-state index is -4.11. The molecule has 2 spiro atoms. The highest BCUT2D eigenvalue weighted by Gasteiger charge is 2.78. The minimum Gasteiger partial charge on any atom is -0.507 e. The summed E-state index contributed by atoms with van der Waals surface area (Å²) in [5.41, 5.74) is -9.55. The number of dihydropyridines is 1. The number of aromatic amines is 1. The fraction of sp³-hybridized carbons (Fsp3) is 0.484. The lowest BCUT2D eigenvalue weighted by Gasteiger charge is -2.58. The first-order chi connectivity index (χ1) is 41.8. The summed E-state index contributed by atoms with van der Waals surface area (Å²) in [5.74, 6) is -11.4. The Labute approximate surface area is 499 Å². The predicted molar refractivity (Wildman–Crippen MR) is 300 cm³/mol. The lowest BCUT2D eigenvalue weighted by atomic mass is 9.67. The molecular weight excluding hydrogens is 1150 g/mol. The Morgan fingerprint density at radius 1 is 0.898 bits per heavy atom. The van der Waals surface area contributed by atoms with E-state index in [4.69, 9.17) is 23.4 Å². The monoisotopic (exact) mass is 1220 g/mol. The van der Waals surface area contributed by atoms with Crippen LogP contribution in [-0.4, -0.2) is 185 Å². The lowest BCUT2D eigenvalue weighted by Crippen LogP contribution is -2.81. The number of fused-ring (bicyclic) bond motifs is 10. The molecule has 88 heavy (non-hydrogen) atoms. The second kappa shape index (κ2) is 21.8. The predicted octanol–water partition coefficient (Wildman–Crippen LogP) is -0.707. The summed E-state index contributed by atoms with van der Waals surface area (Å²) in [6.45, 7) is -0.734. The number of aliphatic hydroxyl groups excluding tert-OH is 7. The van der Waals surface area contributed by atoms with E-state index < -0.39 is 179 Å². The molecule has 3 saturated heterocycles. The summed E-state index contributed by atoms with van der Waals surface area (Å²) in [4.78, 5) is 60.4. The van der Waals surface area contributed by atoms with Gasteiger partial charge in [-0.3, -0.25) is 14.9 Å². The number of carboxylic acids is 1. The van der Waals surface area contributed by atoms with Gasteiger partial charge in [0.15, 0.2) is 34.9 Å². The van der Waals surface area contributed by atoms with Gasteiger partial charge in [0.25, 0.3) is 11.4 Å². The fourth-order valence-corrected chi connectivity index (χ4v) is 14.2. The number of ketones is 1. The second-order valence-electron chi connectivity index (χ2n) is 23.9. The molecule has 1 saturated carbocycles. The number of esters is 1. The molecule has 13 rings (SSSR count). The van der Waals surface area contributed by atoms with E-state index in [0.29, 0.717) is 23.4 Å². The van der Waals surface area contributed by atoms with E-state index in [0.717, 1.165) is 49.5 Å². The lowest BCUT2D eigenvalue weighted by molar-refractivity contribution is -0.434. The molecule has 4 aromatic rings. The number of hydrogen-bond acceptors (Lipinski definition) is 24. The van der Waals surface area contributed by atoms with Crippen LogP contribution in [0.2, 0.25) is 0 Å². The molecule has 17 N–H and O–H groups in total. The highest BCUT2D eigenvalue weighted by atomic mass is 16.8. The molecule has 2 aromatic carbocycles. The number of aliphatic hydroxyl groups is 10. The second-order valence-corrected chi connectivity index (χ2v) is 23.9. The Balaban J connectivity index is 1.15. The summed E-state index contributed by atoms with van der Waals surface area (Å²) < 4.78 is 32.4. The zero-order valence-electron chi connectivity index (χ0n) is 47.1. The van der Waals surface area contributed by atoms with E-state index in [1.165, 1.54) is 18.3 Å². The molecule has 7 aliphatic heterocycles. The third-order valence-corrected chi connectivity index (χ3v) is 18.8. The maximum Gasteiger partial charge on any atom is 0.354 e. The van der Waals surface area contributed by atoms with Crippen molar-refractivity contribution in [2.75, 3.05) is 19.8 Å². The number of ether oxygens (including phenoxy) is 4. The number of carbonyl (C=O) groups excluding carboxylic acids is 2. The molecule has 9 aliphatic rings. The van der Waals surface area contributed by atoms with Crippen LogP contribution in [0, 0.1) is 35.5 Å². The average Bonchev–Trinajstić information content (AvgIpc) is 1.30. The Morgan fingerprint density at radius 2 is 1.68 bits per heavy atom. The Hall–Kier alpha value is -7.64. The van der Waals surface area contributed by atoms with Gasteiger partial charge in [-0.2, -0.15) is 0 Å². The first-order valence-corrected chi connectivity index (χ1v) is 28.9. The molecule has 26 nitrogen and oxygen atoms in total. The molecule has 0 amide bonds. The number of carbonyl (C=O) groups is 3. The van der Waals surface area contributed by atoms with Crippen LogP contribution in [0.4, 0.5) is 0 Å². The number of piperidine rings is 1. The van der Waals surface area contributed by atoms with Crippen LogP contribution in [0.25, 0.3) is 22.3 Å². The van der Waals surface area contributed by atoms with Gasteiger partial charge in [0.05, 0.1) is 12.6 Å². The van der Waals surface area contributed by atoms with E-state index in [1.807, 2.05) is 18.9 Å². The number of aliphatic carboxylic acids is 1. The summed E-state index contributed by atoms with van der Waals surface area (Å²) in [6, 6.07) is 6.40. The number of rotatable bonds is 12. The fourth-order valence-electron chi connectivity index (χ4n) is 14.2. The van der Waals surface area contributed by atoms with Gasteiger partial charge in [-0.05, 0) is 79.2 Å². The largest absolute Gasteiger partial charge is 0.507 e. The Kier molecular flexibility index (Phi) is 15.1. The molecule has 6 bridgehead atoms. The third kappa shape index (κ3) is 9.07. The molecule has 0 radical (unpaired) electrons. The van der Waals surface area contributed by atoms with Crippen LogP contribution in [0.5, 0.6) is 23.0 Å². The number of phenolic OH excluding ortho intramolecular Hbond substituents is 3. The number of Topliss-reactive ketones (excluding diaryl/α,β-unsaturated/α-hetero) is 1. The van der Waals surface area contributed by atoms with E-state index in [2.05, 4.69) is 33.4 Å². The van der Waals surface area contributed by atoms with Crippen molar-refractivity contribution in [2.45, 2.75) is 154 Å². The smallest absolute Gasteiger partial charge is 0.354 e. The van der Waals surface area contributed by atoms with Crippen LogP contribution in [0.3, 0.4) is 0 Å². The Morgan fingerprint density at radius 3 is 2.41 bits per heavy atom. The maximum atomic E-state index is 16.2. The summed E-state index contributed by atoms with van der Waals surface area (Å²) in [7, 11) is 0. The van der Waals surface area contributed by atoms with Gasteiger partial charge in [-0.25, -0.2) is 9.59 Å². The number of allylic oxidation sites excluding steroid dienone is 4. The molecule has 9 heterocycles. The molecule has 2 aromatic heterocycles. The first-order valence-electron chi connectivity index (χ1n) is 28.9. The standard InChI is InChI=1S/C62H65N3O23/c1-2-39-37(22-36-30-6-3-8-34(18-30)64-54(36)65-39)38-20-33-21-40-29(9-14-63-40)7-4-11-57(81)50(74)52(76)61(33,85-45-24-44-47(49(73)46(38)45)41(70)23-43(84-44)32-17-31(10-15-66)48(72)42(71)19-32)88-59(57)13-5-12-58(55(78)79)62(82,83)53(77)51(75)60(87-58,86-56(59)80)25-28(26-67)16-35(69)27-68/h9,14,17,19-20,22-24,28,30,34,38,50-54,63-68,71-77,81-83H,2-3,6,8,10-11,13,15-16,18,21,25-27H2,1H3,(H,78,79). The van der Waals surface area contributed by atoms with Crippen LogP contribution < -0.4 is 20.8 Å². The minimum absolute atomic E-state index is 0.0212. The molecule has 26 heteroatoms. The van der Waals surface area contributed by atoms with Gasteiger partial charge in [0, 0.05) is 108 Å². The van der Waals surface area contributed by atoms with E-state index >= 15 is 4.79 Å². The SMILES string of the molecule is CCC1=C(C2C=C3Cc4[nH]ccc4C#CCC4(O)C(O)C(O)C3(Oc3cc5oc(-c6cc(O)c(O)c(CCO)c6)cc(=O)c5c(O)c32)OC42CC#CC3(C(=O)O)OC(CC(CO)CC(=O)CO)(OC2=O)C(O)C(O)C3(O)O)C=C2C3CCCC(C3)NC2N1. The quantitative estimate of drug-likeness (QED) is 0.0274. The van der Waals surface area contributed by atoms with Crippen molar-refractivity contribution >= 4 is 28.7 Å². The van der Waals surface area contributed by atoms with Crippen molar-refractivity contribution in [3.63, 3.8) is 0 Å². The van der Waals surface area contributed by atoms with Crippen LogP contribution >= 0.6 is 0 Å². The number of hydrogen-bond donors (Lipinski definition) is 17. The highest BCUT2D eigenvalue weighted by Crippen LogP contribution is 2.58. The average molecular weight is 1220 g/mol. The Bertz CT molecular complexity index is 3880.